The largest absolute Gasteiger partial charge is 0.487 e. The number of benzene rings is 1. The highest BCUT2D eigenvalue weighted by molar-refractivity contribution is 6.31. The zero-order chi connectivity index (χ0) is 14.5. The molecular weight excluding hydrogens is 274 g/mol. The van der Waals surface area contributed by atoms with E-state index in [1.54, 1.807) is 0 Å². The summed E-state index contributed by atoms with van der Waals surface area (Å²) in [6.45, 7) is 5.04. The van der Waals surface area contributed by atoms with Crippen molar-refractivity contribution >= 4 is 11.6 Å². The number of rotatable bonds is 5. The maximum absolute atomic E-state index is 8.63. The van der Waals surface area contributed by atoms with Crippen molar-refractivity contribution in [1.29, 1.82) is 5.26 Å². The van der Waals surface area contributed by atoms with Gasteiger partial charge in [0.2, 0.25) is 0 Å². The molecule has 0 radical (unpaired) electrons. The van der Waals surface area contributed by atoms with Gasteiger partial charge in [0.05, 0.1) is 28.9 Å². The van der Waals surface area contributed by atoms with Crippen LogP contribution in [-0.2, 0) is 19.6 Å². The Labute approximate surface area is 123 Å². The minimum Gasteiger partial charge on any atom is -0.487 e. The quantitative estimate of drug-likeness (QED) is 0.846. The minimum atomic E-state index is 0.380. The van der Waals surface area contributed by atoms with Gasteiger partial charge in [-0.3, -0.25) is 4.68 Å². The summed E-state index contributed by atoms with van der Waals surface area (Å²) in [7, 11) is 0. The third-order valence-electron chi connectivity index (χ3n) is 3.03. The van der Waals surface area contributed by atoms with Gasteiger partial charge >= 0.3 is 0 Å². The van der Waals surface area contributed by atoms with Gasteiger partial charge in [0.25, 0.3) is 0 Å². The fourth-order valence-electron chi connectivity index (χ4n) is 1.95. The van der Waals surface area contributed by atoms with Gasteiger partial charge < -0.3 is 4.74 Å². The SMILES string of the molecule is CCn1nc(C)c(Cl)c1COc1ccc(CC#N)cc1. The lowest BCUT2D eigenvalue weighted by Gasteiger charge is -2.08. The van der Waals surface area contributed by atoms with E-state index in [9.17, 15) is 0 Å². The lowest BCUT2D eigenvalue weighted by Crippen LogP contribution is -2.06. The van der Waals surface area contributed by atoms with E-state index >= 15 is 0 Å². The number of nitrogens with zero attached hydrogens (tertiary/aromatic N) is 3. The van der Waals surface area contributed by atoms with Crippen molar-refractivity contribution in [2.24, 2.45) is 0 Å². The molecule has 0 unspecified atom stereocenters. The van der Waals surface area contributed by atoms with Crippen LogP contribution in [-0.4, -0.2) is 9.78 Å². The van der Waals surface area contributed by atoms with Crippen LogP contribution in [0.2, 0.25) is 5.02 Å². The van der Waals surface area contributed by atoms with Gasteiger partial charge in [-0.15, -0.1) is 0 Å². The lowest BCUT2D eigenvalue weighted by molar-refractivity contribution is 0.292. The molecule has 0 saturated carbocycles. The van der Waals surface area contributed by atoms with E-state index in [1.807, 2.05) is 42.8 Å². The number of hydrogen-bond acceptors (Lipinski definition) is 3. The van der Waals surface area contributed by atoms with Crippen LogP contribution in [0.3, 0.4) is 0 Å². The summed E-state index contributed by atoms with van der Waals surface area (Å²) in [5.74, 6) is 0.754. The summed E-state index contributed by atoms with van der Waals surface area (Å²) < 4.78 is 7.58. The first-order valence-corrected chi connectivity index (χ1v) is 6.84. The molecule has 0 fully saturated rings. The van der Waals surface area contributed by atoms with Crippen molar-refractivity contribution in [2.45, 2.75) is 33.4 Å². The number of halogens is 1. The summed E-state index contributed by atoms with van der Waals surface area (Å²) in [5.41, 5.74) is 2.68. The Kier molecular flexibility index (Phi) is 4.65. The van der Waals surface area contributed by atoms with Crippen molar-refractivity contribution in [1.82, 2.24) is 9.78 Å². The van der Waals surface area contributed by atoms with Crippen LogP contribution in [0.5, 0.6) is 5.75 Å². The molecule has 2 aromatic rings. The Balaban J connectivity index is 2.07. The standard InChI is InChI=1S/C15H16ClN3O/c1-3-19-14(15(16)11(2)18-19)10-20-13-6-4-12(5-7-13)8-9-17/h4-7H,3,8,10H2,1-2H3. The number of ether oxygens (including phenoxy) is 1. The van der Waals surface area contributed by atoms with E-state index < -0.39 is 0 Å². The van der Waals surface area contributed by atoms with Crippen LogP contribution in [0.1, 0.15) is 23.9 Å². The smallest absolute Gasteiger partial charge is 0.131 e. The normalized spacial score (nSPS) is 10.3. The summed E-state index contributed by atoms with van der Waals surface area (Å²) in [6.07, 6.45) is 0.411. The van der Waals surface area contributed by atoms with Crippen LogP contribution in [0, 0.1) is 18.3 Å². The molecule has 0 amide bonds. The van der Waals surface area contributed by atoms with Crippen molar-refractivity contribution in [2.75, 3.05) is 0 Å². The van der Waals surface area contributed by atoms with E-state index in [0.717, 1.165) is 29.2 Å². The fraction of sp³-hybridized carbons (Fsp3) is 0.333. The Hall–Kier alpha value is -1.99. The zero-order valence-corrected chi connectivity index (χ0v) is 12.3. The maximum atomic E-state index is 8.63. The van der Waals surface area contributed by atoms with E-state index in [0.29, 0.717) is 18.1 Å². The molecule has 0 aliphatic rings. The molecule has 0 bridgehead atoms. The first kappa shape index (κ1) is 14.4. The molecule has 0 aliphatic carbocycles. The maximum Gasteiger partial charge on any atom is 0.131 e. The molecule has 5 heteroatoms. The van der Waals surface area contributed by atoms with Gasteiger partial charge in [-0.25, -0.2) is 0 Å². The van der Waals surface area contributed by atoms with Crippen LogP contribution >= 0.6 is 11.6 Å². The van der Waals surface area contributed by atoms with Crippen molar-refractivity contribution in [3.8, 4) is 11.8 Å². The third kappa shape index (κ3) is 3.12. The van der Waals surface area contributed by atoms with Crippen molar-refractivity contribution < 1.29 is 4.74 Å². The Morgan fingerprint density at radius 1 is 1.35 bits per heavy atom. The van der Waals surface area contributed by atoms with Crippen LogP contribution in [0.15, 0.2) is 24.3 Å². The van der Waals surface area contributed by atoms with E-state index in [4.69, 9.17) is 21.6 Å². The second-order valence-electron chi connectivity index (χ2n) is 4.43. The van der Waals surface area contributed by atoms with Gasteiger partial charge in [0.15, 0.2) is 0 Å². The van der Waals surface area contributed by atoms with Crippen LogP contribution in [0.4, 0.5) is 0 Å². The zero-order valence-electron chi connectivity index (χ0n) is 11.6. The summed E-state index contributed by atoms with van der Waals surface area (Å²) >= 11 is 6.23. The molecule has 1 aromatic carbocycles. The Morgan fingerprint density at radius 2 is 2.05 bits per heavy atom. The van der Waals surface area contributed by atoms with Crippen LogP contribution < -0.4 is 4.74 Å². The summed E-state index contributed by atoms with van der Waals surface area (Å²) in [6, 6.07) is 9.62. The first-order chi connectivity index (χ1) is 9.65. The monoisotopic (exact) mass is 289 g/mol. The van der Waals surface area contributed by atoms with Gasteiger partial charge in [-0.05, 0) is 31.5 Å². The van der Waals surface area contributed by atoms with Gasteiger partial charge in [0.1, 0.15) is 12.4 Å². The Bertz CT molecular complexity index is 626. The molecule has 0 N–H and O–H groups in total. The van der Waals surface area contributed by atoms with Crippen molar-refractivity contribution in [3.63, 3.8) is 0 Å². The molecule has 1 aromatic heterocycles. The van der Waals surface area contributed by atoms with Gasteiger partial charge in [0, 0.05) is 6.54 Å². The highest BCUT2D eigenvalue weighted by Gasteiger charge is 2.12. The second-order valence-corrected chi connectivity index (χ2v) is 4.81. The first-order valence-electron chi connectivity index (χ1n) is 6.46. The Morgan fingerprint density at radius 3 is 2.65 bits per heavy atom. The van der Waals surface area contributed by atoms with Gasteiger partial charge in [-0.2, -0.15) is 10.4 Å². The topological polar surface area (TPSA) is 50.8 Å². The number of aryl methyl sites for hydroxylation is 2. The number of aromatic nitrogens is 2. The highest BCUT2D eigenvalue weighted by Crippen LogP contribution is 2.22. The van der Waals surface area contributed by atoms with Crippen LogP contribution in [0.25, 0.3) is 0 Å². The van der Waals surface area contributed by atoms with Gasteiger partial charge in [-0.1, -0.05) is 23.7 Å². The molecular formula is C15H16ClN3O. The lowest BCUT2D eigenvalue weighted by atomic mass is 10.2. The second kappa shape index (κ2) is 6.44. The molecule has 0 spiro atoms. The number of nitriles is 1. The molecule has 104 valence electrons. The molecule has 20 heavy (non-hydrogen) atoms. The van der Waals surface area contributed by atoms with E-state index in [-0.39, 0.29) is 0 Å². The molecule has 0 atom stereocenters. The predicted octanol–water partition coefficient (Wildman–Crippen LogP) is 3.51. The molecule has 0 saturated heterocycles. The molecule has 4 nitrogen and oxygen atoms in total. The predicted molar refractivity (Wildman–Crippen MR) is 77.7 cm³/mol. The summed E-state index contributed by atoms with van der Waals surface area (Å²) in [5, 5.41) is 13.6. The molecule has 0 aliphatic heterocycles. The molecule has 2 rings (SSSR count). The van der Waals surface area contributed by atoms with E-state index in [1.165, 1.54) is 0 Å². The number of hydrogen-bond donors (Lipinski definition) is 0. The van der Waals surface area contributed by atoms with E-state index in [2.05, 4.69) is 11.2 Å². The van der Waals surface area contributed by atoms with Crippen molar-refractivity contribution in [3.05, 3.63) is 46.2 Å². The minimum absolute atomic E-state index is 0.380. The average molecular weight is 290 g/mol. The average Bonchev–Trinajstić information content (AvgIpc) is 2.74. The summed E-state index contributed by atoms with van der Waals surface area (Å²) in [4.78, 5) is 0. The highest BCUT2D eigenvalue weighted by atomic mass is 35.5. The third-order valence-corrected chi connectivity index (χ3v) is 3.53. The fourth-order valence-corrected chi connectivity index (χ4v) is 2.14. The molecule has 1 heterocycles.